The van der Waals surface area contributed by atoms with Crippen LogP contribution in [-0.2, 0) is 0 Å². The number of nitrogens with zero attached hydrogens (tertiary/aromatic N) is 3. The summed E-state index contributed by atoms with van der Waals surface area (Å²) < 4.78 is 0. The Hall–Kier alpha value is -1.09. The molecule has 1 saturated heterocycles. The number of anilines is 1. The SMILES string of the molecule is CCN1CCC[C@H]1c1ccc(N(C)C)nc1. The third-order valence-electron chi connectivity index (χ3n) is 3.38. The van der Waals surface area contributed by atoms with Gasteiger partial charge in [0.25, 0.3) is 0 Å². The van der Waals surface area contributed by atoms with Gasteiger partial charge < -0.3 is 4.90 Å². The van der Waals surface area contributed by atoms with Gasteiger partial charge in [-0.25, -0.2) is 4.98 Å². The van der Waals surface area contributed by atoms with Gasteiger partial charge in [0.15, 0.2) is 0 Å². The summed E-state index contributed by atoms with van der Waals surface area (Å²) in [5.41, 5.74) is 1.37. The van der Waals surface area contributed by atoms with Gasteiger partial charge in [0, 0.05) is 26.3 Å². The number of hydrogen-bond acceptors (Lipinski definition) is 3. The molecule has 1 aliphatic rings. The highest BCUT2D eigenvalue weighted by atomic mass is 15.2. The van der Waals surface area contributed by atoms with Gasteiger partial charge in [-0.2, -0.15) is 0 Å². The summed E-state index contributed by atoms with van der Waals surface area (Å²) in [4.78, 5) is 9.06. The van der Waals surface area contributed by atoms with Crippen molar-refractivity contribution in [1.82, 2.24) is 9.88 Å². The van der Waals surface area contributed by atoms with E-state index in [2.05, 4.69) is 28.9 Å². The van der Waals surface area contributed by atoms with Crippen molar-refractivity contribution < 1.29 is 0 Å². The molecule has 0 aliphatic carbocycles. The first kappa shape index (κ1) is 11.4. The van der Waals surface area contributed by atoms with E-state index >= 15 is 0 Å². The lowest BCUT2D eigenvalue weighted by atomic mass is 10.1. The fourth-order valence-electron chi connectivity index (χ4n) is 2.44. The fraction of sp³-hybridized carbons (Fsp3) is 0.615. The van der Waals surface area contributed by atoms with Crippen LogP contribution in [0.15, 0.2) is 18.3 Å². The zero-order valence-corrected chi connectivity index (χ0v) is 10.5. The molecule has 1 aliphatic heterocycles. The monoisotopic (exact) mass is 219 g/mol. The molecule has 1 atom stereocenters. The maximum atomic E-state index is 4.49. The minimum atomic E-state index is 0.591. The summed E-state index contributed by atoms with van der Waals surface area (Å²) in [7, 11) is 4.05. The van der Waals surface area contributed by atoms with Crippen LogP contribution in [0.25, 0.3) is 0 Å². The Balaban J connectivity index is 2.15. The van der Waals surface area contributed by atoms with E-state index in [9.17, 15) is 0 Å². The average Bonchev–Trinajstić information content (AvgIpc) is 2.77. The normalized spacial score (nSPS) is 21.3. The molecule has 3 heteroatoms. The van der Waals surface area contributed by atoms with Crippen LogP contribution < -0.4 is 4.90 Å². The Labute approximate surface area is 98.1 Å². The molecule has 0 amide bonds. The molecule has 0 unspecified atom stereocenters. The van der Waals surface area contributed by atoms with Crippen LogP contribution in [0.2, 0.25) is 0 Å². The summed E-state index contributed by atoms with van der Waals surface area (Å²) in [5.74, 6) is 1.03. The van der Waals surface area contributed by atoms with E-state index in [4.69, 9.17) is 0 Å². The van der Waals surface area contributed by atoms with Crippen molar-refractivity contribution in [2.45, 2.75) is 25.8 Å². The minimum Gasteiger partial charge on any atom is -0.363 e. The van der Waals surface area contributed by atoms with E-state index in [1.807, 2.05) is 25.2 Å². The lowest BCUT2D eigenvalue weighted by Crippen LogP contribution is -2.22. The highest BCUT2D eigenvalue weighted by Crippen LogP contribution is 2.31. The van der Waals surface area contributed by atoms with E-state index in [1.54, 1.807) is 0 Å². The molecular formula is C13H21N3. The van der Waals surface area contributed by atoms with Gasteiger partial charge in [0.05, 0.1) is 0 Å². The molecule has 1 fully saturated rings. The first-order valence-corrected chi connectivity index (χ1v) is 6.09. The molecule has 0 bridgehead atoms. The summed E-state index contributed by atoms with van der Waals surface area (Å²) in [6, 6.07) is 4.93. The van der Waals surface area contributed by atoms with Crippen molar-refractivity contribution in [2.24, 2.45) is 0 Å². The molecule has 1 aromatic rings. The summed E-state index contributed by atoms with van der Waals surface area (Å²) >= 11 is 0. The van der Waals surface area contributed by atoms with Crippen LogP contribution in [-0.4, -0.2) is 37.1 Å². The second-order valence-corrected chi connectivity index (χ2v) is 4.63. The number of likely N-dealkylation sites (tertiary alicyclic amines) is 1. The van der Waals surface area contributed by atoms with Crippen molar-refractivity contribution in [3.8, 4) is 0 Å². The number of rotatable bonds is 3. The molecule has 2 rings (SSSR count). The van der Waals surface area contributed by atoms with Crippen molar-refractivity contribution in [3.05, 3.63) is 23.9 Å². The first-order valence-electron chi connectivity index (χ1n) is 6.09. The smallest absolute Gasteiger partial charge is 0.127 e. The standard InChI is InChI=1S/C13H21N3/c1-4-16-9-5-6-12(16)11-7-8-13(14-10-11)15(2)3/h7-8,10,12H,4-6,9H2,1-3H3/t12-/m0/s1. The quantitative estimate of drug-likeness (QED) is 0.777. The summed E-state index contributed by atoms with van der Waals surface area (Å²) in [6.45, 7) is 4.61. The molecule has 0 radical (unpaired) electrons. The van der Waals surface area contributed by atoms with E-state index in [1.165, 1.54) is 24.9 Å². The number of hydrogen-bond donors (Lipinski definition) is 0. The molecule has 0 saturated carbocycles. The summed E-state index contributed by atoms with van der Waals surface area (Å²) in [6.07, 6.45) is 4.62. The average molecular weight is 219 g/mol. The van der Waals surface area contributed by atoms with Crippen LogP contribution in [0, 0.1) is 0 Å². The highest BCUT2D eigenvalue weighted by Gasteiger charge is 2.24. The van der Waals surface area contributed by atoms with Gasteiger partial charge in [-0.3, -0.25) is 4.90 Å². The van der Waals surface area contributed by atoms with E-state index in [0.717, 1.165) is 12.4 Å². The maximum Gasteiger partial charge on any atom is 0.127 e. The first-order chi connectivity index (χ1) is 7.72. The Morgan fingerprint density at radius 2 is 2.25 bits per heavy atom. The Morgan fingerprint density at radius 1 is 1.44 bits per heavy atom. The zero-order chi connectivity index (χ0) is 11.5. The molecule has 1 aromatic heterocycles. The van der Waals surface area contributed by atoms with Crippen LogP contribution >= 0.6 is 0 Å². The number of aromatic nitrogens is 1. The minimum absolute atomic E-state index is 0.591. The van der Waals surface area contributed by atoms with Crippen LogP contribution in [0.5, 0.6) is 0 Å². The second kappa shape index (κ2) is 4.83. The van der Waals surface area contributed by atoms with E-state index in [-0.39, 0.29) is 0 Å². The Morgan fingerprint density at radius 3 is 2.81 bits per heavy atom. The Bertz CT molecular complexity index is 332. The second-order valence-electron chi connectivity index (χ2n) is 4.63. The van der Waals surface area contributed by atoms with Crippen molar-refractivity contribution in [2.75, 3.05) is 32.1 Å². The molecule has 0 spiro atoms. The predicted molar refractivity (Wildman–Crippen MR) is 67.8 cm³/mol. The molecule has 2 heterocycles. The molecule has 0 N–H and O–H groups in total. The van der Waals surface area contributed by atoms with Gasteiger partial charge in [0.2, 0.25) is 0 Å². The zero-order valence-electron chi connectivity index (χ0n) is 10.5. The maximum absolute atomic E-state index is 4.49. The largest absolute Gasteiger partial charge is 0.363 e. The highest BCUT2D eigenvalue weighted by molar-refractivity contribution is 5.37. The van der Waals surface area contributed by atoms with Gasteiger partial charge >= 0.3 is 0 Å². The van der Waals surface area contributed by atoms with Crippen LogP contribution in [0.4, 0.5) is 5.82 Å². The molecule has 88 valence electrons. The van der Waals surface area contributed by atoms with Crippen LogP contribution in [0.1, 0.15) is 31.4 Å². The van der Waals surface area contributed by atoms with E-state index < -0.39 is 0 Å². The van der Waals surface area contributed by atoms with Crippen LogP contribution in [0.3, 0.4) is 0 Å². The van der Waals surface area contributed by atoms with Crippen molar-refractivity contribution in [3.63, 3.8) is 0 Å². The lowest BCUT2D eigenvalue weighted by molar-refractivity contribution is 0.271. The van der Waals surface area contributed by atoms with Gasteiger partial charge in [-0.15, -0.1) is 0 Å². The molecule has 0 aromatic carbocycles. The molecule has 16 heavy (non-hydrogen) atoms. The third-order valence-corrected chi connectivity index (χ3v) is 3.38. The topological polar surface area (TPSA) is 19.4 Å². The van der Waals surface area contributed by atoms with E-state index in [0.29, 0.717) is 6.04 Å². The third kappa shape index (κ3) is 2.19. The fourth-order valence-corrected chi connectivity index (χ4v) is 2.44. The van der Waals surface area contributed by atoms with Crippen molar-refractivity contribution in [1.29, 1.82) is 0 Å². The predicted octanol–water partition coefficient (Wildman–Crippen LogP) is 2.30. The molecule has 3 nitrogen and oxygen atoms in total. The summed E-state index contributed by atoms with van der Waals surface area (Å²) in [5, 5.41) is 0. The van der Waals surface area contributed by atoms with Gasteiger partial charge in [0.1, 0.15) is 5.82 Å². The number of pyridine rings is 1. The Kier molecular flexibility index (Phi) is 3.44. The van der Waals surface area contributed by atoms with Gasteiger partial charge in [-0.05, 0) is 37.6 Å². The van der Waals surface area contributed by atoms with Gasteiger partial charge in [-0.1, -0.05) is 13.0 Å². The molecular weight excluding hydrogens is 198 g/mol. The van der Waals surface area contributed by atoms with Crippen molar-refractivity contribution >= 4 is 5.82 Å². The lowest BCUT2D eigenvalue weighted by Gasteiger charge is -2.23.